The van der Waals surface area contributed by atoms with E-state index in [2.05, 4.69) is 6.58 Å². The van der Waals surface area contributed by atoms with Gasteiger partial charge in [-0.05, 0) is 25.0 Å². The molecule has 0 bridgehead atoms. The molecule has 2 rings (SSSR count). The number of imide groups is 1. The minimum Gasteiger partial charge on any atom is -0.383 e. The molecule has 27 heavy (non-hydrogen) atoms. The largest absolute Gasteiger partial charge is 0.383 e. The Morgan fingerprint density at radius 1 is 1.07 bits per heavy atom. The maximum atomic E-state index is 13.1. The number of ether oxygens (including phenoxy) is 2. The average molecular weight is 372 g/mol. The van der Waals surface area contributed by atoms with Gasteiger partial charge in [0.25, 0.3) is 11.8 Å². The van der Waals surface area contributed by atoms with Crippen molar-refractivity contribution < 1.29 is 19.1 Å². The van der Waals surface area contributed by atoms with Crippen molar-refractivity contribution in [1.82, 2.24) is 9.80 Å². The first-order valence-corrected chi connectivity index (χ1v) is 8.98. The lowest BCUT2D eigenvalue weighted by Crippen LogP contribution is -2.37. The van der Waals surface area contributed by atoms with E-state index in [9.17, 15) is 9.59 Å². The minimum atomic E-state index is -0.304. The number of hydrogen-bond donors (Lipinski definition) is 0. The lowest BCUT2D eigenvalue weighted by Gasteiger charge is -2.25. The van der Waals surface area contributed by atoms with Crippen molar-refractivity contribution >= 4 is 17.4 Å². The number of rotatable bonds is 10. The van der Waals surface area contributed by atoms with Gasteiger partial charge in [0, 0.05) is 33.9 Å². The highest BCUT2D eigenvalue weighted by molar-refractivity contribution is 6.35. The Labute approximate surface area is 161 Å². The predicted octanol–water partition coefficient (Wildman–Crippen LogP) is 2.16. The molecule has 0 aromatic heterocycles. The SMILES string of the molecule is C=CCN1C(=O)C(c2ccc(C)cc2C)=C(N(CCOC)CCOC)C1=O. The second-order valence-electron chi connectivity index (χ2n) is 6.52. The molecule has 0 saturated carbocycles. The first-order chi connectivity index (χ1) is 13.0. The minimum absolute atomic E-state index is 0.179. The van der Waals surface area contributed by atoms with Crippen LogP contribution in [0.3, 0.4) is 0 Å². The highest BCUT2D eigenvalue weighted by Crippen LogP contribution is 2.33. The van der Waals surface area contributed by atoms with Crippen LogP contribution in [0.4, 0.5) is 0 Å². The van der Waals surface area contributed by atoms with E-state index in [4.69, 9.17) is 9.47 Å². The molecule has 6 nitrogen and oxygen atoms in total. The van der Waals surface area contributed by atoms with E-state index >= 15 is 0 Å². The first-order valence-electron chi connectivity index (χ1n) is 8.98. The van der Waals surface area contributed by atoms with E-state index in [0.717, 1.165) is 16.7 Å². The van der Waals surface area contributed by atoms with Gasteiger partial charge < -0.3 is 14.4 Å². The van der Waals surface area contributed by atoms with Crippen LogP contribution >= 0.6 is 0 Å². The van der Waals surface area contributed by atoms with Crippen molar-refractivity contribution in [1.29, 1.82) is 0 Å². The standard InChI is InChI=1S/C21H28N2O4/c1-6-9-23-20(24)18(17-8-7-15(2)14-16(17)3)19(21(23)25)22(10-12-26-4)11-13-27-5/h6-8,14H,1,9-13H2,2-5H3. The van der Waals surface area contributed by atoms with E-state index in [1.165, 1.54) is 4.90 Å². The summed E-state index contributed by atoms with van der Waals surface area (Å²) in [5.74, 6) is -0.594. The van der Waals surface area contributed by atoms with Crippen molar-refractivity contribution in [2.24, 2.45) is 0 Å². The summed E-state index contributed by atoms with van der Waals surface area (Å²) < 4.78 is 10.4. The molecule has 1 aliphatic heterocycles. The van der Waals surface area contributed by atoms with Crippen LogP contribution in [0.5, 0.6) is 0 Å². The maximum absolute atomic E-state index is 13.1. The predicted molar refractivity (Wildman–Crippen MR) is 105 cm³/mol. The quantitative estimate of drug-likeness (QED) is 0.465. The van der Waals surface area contributed by atoms with Crippen LogP contribution in [0.15, 0.2) is 36.6 Å². The van der Waals surface area contributed by atoms with Gasteiger partial charge in [-0.3, -0.25) is 14.5 Å². The van der Waals surface area contributed by atoms with Crippen molar-refractivity contribution in [3.05, 3.63) is 53.2 Å². The Morgan fingerprint density at radius 3 is 2.22 bits per heavy atom. The van der Waals surface area contributed by atoms with Crippen LogP contribution in [0.1, 0.15) is 16.7 Å². The summed E-state index contributed by atoms with van der Waals surface area (Å²) in [6, 6.07) is 5.88. The van der Waals surface area contributed by atoms with E-state index in [1.807, 2.05) is 36.9 Å². The molecule has 0 N–H and O–H groups in total. The Hall–Kier alpha value is -2.44. The molecule has 1 aromatic carbocycles. The number of benzene rings is 1. The summed E-state index contributed by atoms with van der Waals surface area (Å²) in [6.07, 6.45) is 1.56. The maximum Gasteiger partial charge on any atom is 0.278 e. The summed E-state index contributed by atoms with van der Waals surface area (Å²) in [5, 5.41) is 0. The molecule has 6 heteroatoms. The van der Waals surface area contributed by atoms with Crippen LogP contribution in [-0.4, -0.2) is 68.7 Å². The summed E-state index contributed by atoms with van der Waals surface area (Å²) in [5.41, 5.74) is 3.69. The van der Waals surface area contributed by atoms with Crippen molar-refractivity contribution in [3.8, 4) is 0 Å². The van der Waals surface area contributed by atoms with Crippen LogP contribution in [0.25, 0.3) is 5.57 Å². The molecular weight excluding hydrogens is 344 g/mol. The Kier molecular flexibility index (Phi) is 7.33. The van der Waals surface area contributed by atoms with Gasteiger partial charge in [-0.15, -0.1) is 6.58 Å². The Morgan fingerprint density at radius 2 is 1.70 bits per heavy atom. The molecule has 0 spiro atoms. The normalized spacial score (nSPS) is 14.3. The summed E-state index contributed by atoms with van der Waals surface area (Å²) >= 11 is 0. The molecule has 0 saturated heterocycles. The van der Waals surface area contributed by atoms with Crippen molar-refractivity contribution in [2.75, 3.05) is 47.1 Å². The van der Waals surface area contributed by atoms with Gasteiger partial charge >= 0.3 is 0 Å². The summed E-state index contributed by atoms with van der Waals surface area (Å²) in [7, 11) is 3.22. The van der Waals surface area contributed by atoms with E-state index in [-0.39, 0.29) is 18.4 Å². The molecule has 146 valence electrons. The number of amides is 2. The monoisotopic (exact) mass is 372 g/mol. The van der Waals surface area contributed by atoms with E-state index in [0.29, 0.717) is 37.6 Å². The first kappa shape index (κ1) is 20.9. The summed E-state index contributed by atoms with van der Waals surface area (Å²) in [4.78, 5) is 29.3. The highest BCUT2D eigenvalue weighted by atomic mass is 16.5. The van der Waals surface area contributed by atoms with Gasteiger partial charge in [0.15, 0.2) is 0 Å². The molecule has 0 fully saturated rings. The Balaban J connectivity index is 2.60. The third-order valence-corrected chi connectivity index (χ3v) is 4.55. The fourth-order valence-electron chi connectivity index (χ4n) is 3.23. The second-order valence-corrected chi connectivity index (χ2v) is 6.52. The van der Waals surface area contributed by atoms with Crippen LogP contribution < -0.4 is 0 Å². The Bertz CT molecular complexity index is 747. The fraction of sp³-hybridized carbons (Fsp3) is 0.429. The van der Waals surface area contributed by atoms with Gasteiger partial charge in [-0.1, -0.05) is 29.8 Å². The van der Waals surface area contributed by atoms with Gasteiger partial charge in [-0.2, -0.15) is 0 Å². The molecule has 0 aliphatic carbocycles. The number of hydrogen-bond acceptors (Lipinski definition) is 5. The molecule has 2 amide bonds. The molecule has 0 radical (unpaired) electrons. The zero-order valence-corrected chi connectivity index (χ0v) is 16.6. The summed E-state index contributed by atoms with van der Waals surface area (Å²) in [6.45, 7) is 9.67. The van der Waals surface area contributed by atoms with E-state index < -0.39 is 0 Å². The molecule has 1 aliphatic rings. The van der Waals surface area contributed by atoms with Crippen molar-refractivity contribution in [2.45, 2.75) is 13.8 Å². The third kappa shape index (κ3) is 4.46. The molecule has 1 aromatic rings. The molecule has 1 heterocycles. The molecular formula is C21H28N2O4. The number of carbonyl (C=O) groups is 2. The van der Waals surface area contributed by atoms with Crippen molar-refractivity contribution in [3.63, 3.8) is 0 Å². The number of aryl methyl sites for hydroxylation is 2. The molecule has 0 unspecified atom stereocenters. The second kappa shape index (κ2) is 9.48. The van der Waals surface area contributed by atoms with Gasteiger partial charge in [0.1, 0.15) is 5.70 Å². The average Bonchev–Trinajstić information content (AvgIpc) is 2.87. The molecule has 0 atom stereocenters. The topological polar surface area (TPSA) is 59.1 Å². The van der Waals surface area contributed by atoms with Crippen LogP contribution in [-0.2, 0) is 19.1 Å². The van der Waals surface area contributed by atoms with Crippen LogP contribution in [0.2, 0.25) is 0 Å². The number of methoxy groups -OCH3 is 2. The zero-order chi connectivity index (χ0) is 20.0. The van der Waals surface area contributed by atoms with Gasteiger partial charge in [0.05, 0.1) is 18.8 Å². The smallest absolute Gasteiger partial charge is 0.278 e. The fourth-order valence-corrected chi connectivity index (χ4v) is 3.23. The zero-order valence-electron chi connectivity index (χ0n) is 16.6. The van der Waals surface area contributed by atoms with E-state index in [1.54, 1.807) is 20.3 Å². The highest BCUT2D eigenvalue weighted by Gasteiger charge is 2.41. The third-order valence-electron chi connectivity index (χ3n) is 4.55. The lowest BCUT2D eigenvalue weighted by atomic mass is 9.97. The van der Waals surface area contributed by atoms with Gasteiger partial charge in [0.2, 0.25) is 0 Å². The number of nitrogens with zero attached hydrogens (tertiary/aromatic N) is 2. The number of carbonyl (C=O) groups excluding carboxylic acids is 2. The van der Waals surface area contributed by atoms with Gasteiger partial charge in [-0.25, -0.2) is 0 Å². The lowest BCUT2D eigenvalue weighted by molar-refractivity contribution is -0.137. The van der Waals surface area contributed by atoms with Crippen LogP contribution in [0, 0.1) is 13.8 Å².